The van der Waals surface area contributed by atoms with E-state index in [1.54, 1.807) is 48.8 Å². The first-order valence-electron chi connectivity index (χ1n) is 12.1. The normalized spacial score (nSPS) is 19.3. The number of carboxylic acid groups (broad SMARTS) is 1. The number of rotatable bonds is 9. The highest BCUT2D eigenvalue weighted by molar-refractivity contribution is 5.76. The van der Waals surface area contributed by atoms with Gasteiger partial charge < -0.3 is 15.6 Å². The van der Waals surface area contributed by atoms with Crippen LogP contribution < -0.4 is 5.73 Å². The molecule has 5 rings (SSSR count). The average Bonchev–Trinajstić information content (AvgIpc) is 2.97. The van der Waals surface area contributed by atoms with Crippen molar-refractivity contribution in [2.75, 3.05) is 0 Å². The first kappa shape index (κ1) is 25.9. The molecular weight excluding hydrogens is 501 g/mol. The van der Waals surface area contributed by atoms with Crippen molar-refractivity contribution in [3.05, 3.63) is 115 Å². The molecule has 3 heterocycles. The summed E-state index contributed by atoms with van der Waals surface area (Å²) in [6.45, 7) is -0.0386. The Bertz CT molecular complexity index is 1520. The molecule has 3 aromatic heterocycles. The summed E-state index contributed by atoms with van der Waals surface area (Å²) in [5, 5.41) is 9.61. The second-order valence-corrected chi connectivity index (χ2v) is 8.82. The number of aromatic nitrogens is 6. The quantitative estimate of drug-likeness (QED) is 0.333. The van der Waals surface area contributed by atoms with Gasteiger partial charge in [-0.05, 0) is 36.8 Å². The van der Waals surface area contributed by atoms with Crippen molar-refractivity contribution in [2.45, 2.75) is 24.7 Å². The molecule has 11 heteroatoms. The van der Waals surface area contributed by atoms with E-state index in [0.29, 0.717) is 22.7 Å². The Kier molecular flexibility index (Phi) is 7.53. The zero-order valence-corrected chi connectivity index (χ0v) is 20.6. The van der Waals surface area contributed by atoms with E-state index in [-0.39, 0.29) is 24.4 Å². The van der Waals surface area contributed by atoms with Gasteiger partial charge in [0.2, 0.25) is 0 Å². The highest BCUT2D eigenvalue weighted by atomic mass is 19.1. The number of nitrogens with two attached hydrogens (primary N) is 1. The predicted molar refractivity (Wildman–Crippen MR) is 139 cm³/mol. The van der Waals surface area contributed by atoms with Crippen LogP contribution in [-0.2, 0) is 21.7 Å². The third-order valence-corrected chi connectivity index (χ3v) is 6.45. The van der Waals surface area contributed by atoms with E-state index in [0.717, 1.165) is 0 Å². The molecule has 0 saturated heterocycles. The highest BCUT2D eigenvalue weighted by Crippen LogP contribution is 2.49. The van der Waals surface area contributed by atoms with Crippen LogP contribution in [0.25, 0.3) is 17.0 Å². The molecule has 0 bridgehead atoms. The summed E-state index contributed by atoms with van der Waals surface area (Å²) in [6, 6.07) is 10.2. The topological polar surface area (TPSA) is 150 Å². The van der Waals surface area contributed by atoms with Gasteiger partial charge in [0.15, 0.2) is 5.82 Å². The number of benzene rings is 1. The molecule has 0 amide bonds. The van der Waals surface area contributed by atoms with Crippen LogP contribution in [0.5, 0.6) is 0 Å². The maximum atomic E-state index is 14.4. The van der Waals surface area contributed by atoms with Gasteiger partial charge in [-0.1, -0.05) is 30.4 Å². The van der Waals surface area contributed by atoms with Gasteiger partial charge in [0.05, 0.1) is 29.3 Å². The van der Waals surface area contributed by atoms with Crippen molar-refractivity contribution in [3.63, 3.8) is 0 Å². The molecule has 0 saturated carbocycles. The lowest BCUT2D eigenvalue weighted by molar-refractivity contribution is -0.139. The fourth-order valence-electron chi connectivity index (χ4n) is 4.62. The van der Waals surface area contributed by atoms with E-state index in [1.807, 2.05) is 18.2 Å². The highest BCUT2D eigenvalue weighted by Gasteiger charge is 2.48. The second kappa shape index (κ2) is 11.3. The Balaban J connectivity index is 1.60. The van der Waals surface area contributed by atoms with Crippen LogP contribution in [-0.4, -0.2) is 47.0 Å². The summed E-state index contributed by atoms with van der Waals surface area (Å²) in [5.41, 5.74) is 7.13. The molecule has 1 aliphatic rings. The molecular formula is C28H24FN7O3. The molecule has 3 atom stereocenters. The molecule has 1 aliphatic carbocycles. The summed E-state index contributed by atoms with van der Waals surface area (Å²) in [7, 11) is 0. The smallest absolute Gasteiger partial charge is 0.320 e. The number of hydrogen-bond donors (Lipinski definition) is 2. The Morgan fingerprint density at radius 2 is 1.85 bits per heavy atom. The lowest BCUT2D eigenvalue weighted by Gasteiger charge is -2.42. The molecule has 196 valence electrons. The molecule has 3 unspecified atom stereocenters. The summed E-state index contributed by atoms with van der Waals surface area (Å²) >= 11 is 0. The van der Waals surface area contributed by atoms with Gasteiger partial charge in [-0.15, -0.1) is 0 Å². The number of allylic oxidation sites excluding steroid dienone is 2. The first-order chi connectivity index (χ1) is 19.0. The van der Waals surface area contributed by atoms with E-state index in [4.69, 9.17) is 10.5 Å². The summed E-state index contributed by atoms with van der Waals surface area (Å²) < 4.78 is 21.2. The molecule has 0 spiro atoms. The fraction of sp³-hybridized carbons (Fsp3) is 0.179. The predicted octanol–water partition coefficient (Wildman–Crippen LogP) is 3.35. The van der Waals surface area contributed by atoms with Crippen LogP contribution in [0.15, 0.2) is 91.9 Å². The largest absolute Gasteiger partial charge is 0.480 e. The Hall–Kier alpha value is -4.74. The number of nitrogens with zero attached hydrogens (tertiary/aromatic N) is 6. The van der Waals surface area contributed by atoms with Gasteiger partial charge in [-0.3, -0.25) is 4.79 Å². The molecule has 0 aliphatic heterocycles. The van der Waals surface area contributed by atoms with E-state index in [2.05, 4.69) is 29.9 Å². The molecule has 10 nitrogen and oxygen atoms in total. The van der Waals surface area contributed by atoms with Crippen LogP contribution >= 0.6 is 0 Å². The van der Waals surface area contributed by atoms with E-state index < -0.39 is 29.3 Å². The molecule has 0 fully saturated rings. The van der Waals surface area contributed by atoms with Crippen LogP contribution in [0, 0.1) is 11.7 Å². The van der Waals surface area contributed by atoms with Crippen LogP contribution in [0.3, 0.4) is 0 Å². The molecule has 0 radical (unpaired) electrons. The minimum absolute atomic E-state index is 0.0386. The molecule has 39 heavy (non-hydrogen) atoms. The van der Waals surface area contributed by atoms with E-state index in [9.17, 15) is 14.3 Å². The lowest BCUT2D eigenvalue weighted by Crippen LogP contribution is -2.45. The summed E-state index contributed by atoms with van der Waals surface area (Å²) in [4.78, 5) is 37.5. The average molecular weight is 526 g/mol. The van der Waals surface area contributed by atoms with Crippen molar-refractivity contribution in [1.29, 1.82) is 0 Å². The van der Waals surface area contributed by atoms with Crippen LogP contribution in [0.2, 0.25) is 0 Å². The third-order valence-electron chi connectivity index (χ3n) is 6.45. The van der Waals surface area contributed by atoms with Gasteiger partial charge in [-0.25, -0.2) is 34.3 Å². The second-order valence-electron chi connectivity index (χ2n) is 8.82. The van der Waals surface area contributed by atoms with Crippen molar-refractivity contribution >= 4 is 11.5 Å². The van der Waals surface area contributed by atoms with Crippen LogP contribution in [0.1, 0.15) is 23.5 Å². The Morgan fingerprint density at radius 3 is 2.56 bits per heavy atom. The minimum Gasteiger partial charge on any atom is -0.480 e. The zero-order chi connectivity index (χ0) is 27.2. The van der Waals surface area contributed by atoms with Gasteiger partial charge in [-0.2, -0.15) is 0 Å². The molecule has 3 N–H and O–H groups in total. The van der Waals surface area contributed by atoms with Crippen molar-refractivity contribution < 1.29 is 19.0 Å². The monoisotopic (exact) mass is 525 g/mol. The standard InChI is InChI=1S/C28H24FN7O3/c29-22-7-2-1-5-20(22)26-33-13-8-19(36-26)15-39-28(25-10-12-32-17-35-25)18(14-23(30)27(37)38)4-3-6-21(28)24-9-11-31-16-34-24/h1-13,16-18,23H,14-15,30H2,(H,37,38). The maximum Gasteiger partial charge on any atom is 0.320 e. The van der Waals surface area contributed by atoms with Crippen molar-refractivity contribution in [3.8, 4) is 11.4 Å². The van der Waals surface area contributed by atoms with Gasteiger partial charge in [0.25, 0.3) is 0 Å². The van der Waals surface area contributed by atoms with Gasteiger partial charge in [0, 0.05) is 30.1 Å². The third kappa shape index (κ3) is 5.31. The van der Waals surface area contributed by atoms with Crippen LogP contribution in [0.4, 0.5) is 4.39 Å². The number of carboxylic acids is 1. The number of halogens is 1. The summed E-state index contributed by atoms with van der Waals surface area (Å²) in [6.07, 6.45) is 13.1. The molecule has 4 aromatic rings. The van der Waals surface area contributed by atoms with Gasteiger partial charge in [0.1, 0.15) is 30.1 Å². The number of hydrogen-bond acceptors (Lipinski definition) is 9. The lowest BCUT2D eigenvalue weighted by atomic mass is 9.71. The maximum absolute atomic E-state index is 14.4. The first-order valence-corrected chi connectivity index (χ1v) is 12.1. The number of ether oxygens (including phenoxy) is 1. The number of aliphatic carboxylic acids is 1. The summed E-state index contributed by atoms with van der Waals surface area (Å²) in [5.74, 6) is -1.92. The van der Waals surface area contributed by atoms with Gasteiger partial charge >= 0.3 is 5.97 Å². The molecule has 1 aromatic carbocycles. The SMILES string of the molecule is NC(CC1C=CC=C(c2ccncn2)C1(OCc1ccnc(-c2ccccc2F)n1)c1ccncn1)C(=O)O. The Morgan fingerprint density at radius 1 is 1.05 bits per heavy atom. The minimum atomic E-state index is -1.32. The van der Waals surface area contributed by atoms with E-state index >= 15 is 0 Å². The van der Waals surface area contributed by atoms with Crippen molar-refractivity contribution in [1.82, 2.24) is 29.9 Å². The fourth-order valence-corrected chi connectivity index (χ4v) is 4.62. The Labute approximate surface area is 223 Å². The zero-order valence-electron chi connectivity index (χ0n) is 20.6. The van der Waals surface area contributed by atoms with E-state index in [1.165, 1.54) is 24.9 Å². The number of carbonyl (C=O) groups is 1. The van der Waals surface area contributed by atoms with Crippen molar-refractivity contribution in [2.24, 2.45) is 11.7 Å².